The lowest BCUT2D eigenvalue weighted by molar-refractivity contribution is -0.113. The average Bonchev–Trinajstić information content (AvgIpc) is 2.48. The molecule has 1 amide bonds. The lowest BCUT2D eigenvalue weighted by Gasteiger charge is -2.15. The number of benzene rings is 1. The van der Waals surface area contributed by atoms with Gasteiger partial charge < -0.3 is 14.8 Å². The van der Waals surface area contributed by atoms with Crippen molar-refractivity contribution in [2.24, 2.45) is 0 Å². The molecule has 0 radical (unpaired) electrons. The smallest absolute Gasteiger partial charge is 0.272 e. The Morgan fingerprint density at radius 2 is 2.24 bits per heavy atom. The van der Waals surface area contributed by atoms with Crippen LogP contribution in [0.2, 0.25) is 0 Å². The molecule has 0 saturated heterocycles. The molecule has 0 spiro atoms. The van der Waals surface area contributed by atoms with Crippen molar-refractivity contribution in [3.63, 3.8) is 0 Å². The molecular weight excluding hydrogens is 287 g/mol. The van der Waals surface area contributed by atoms with Gasteiger partial charge in [-0.1, -0.05) is 0 Å². The lowest BCUT2D eigenvalue weighted by atomic mass is 10.1. The van der Waals surface area contributed by atoms with E-state index >= 15 is 0 Å². The molecule has 21 heavy (non-hydrogen) atoms. The number of halogens is 3. The molecule has 1 aromatic carbocycles. The van der Waals surface area contributed by atoms with Crippen LogP contribution in [-0.2, 0) is 9.53 Å². The number of nitrogens with one attached hydrogen (secondary N) is 1. The molecule has 0 atom stereocenters. The molecular formula is C14H14F3NO3. The third-order valence-electron chi connectivity index (χ3n) is 2.78. The fourth-order valence-electron chi connectivity index (χ4n) is 1.81. The van der Waals surface area contributed by atoms with Gasteiger partial charge >= 0.3 is 0 Å². The Morgan fingerprint density at radius 3 is 2.90 bits per heavy atom. The van der Waals surface area contributed by atoms with Gasteiger partial charge in [0.25, 0.3) is 12.3 Å². The summed E-state index contributed by atoms with van der Waals surface area (Å²) in [7, 11) is 0. The Morgan fingerprint density at radius 1 is 1.43 bits per heavy atom. The highest BCUT2D eigenvalue weighted by atomic mass is 19.3. The zero-order valence-corrected chi connectivity index (χ0v) is 11.1. The molecule has 114 valence electrons. The van der Waals surface area contributed by atoms with E-state index in [1.807, 2.05) is 0 Å². The van der Waals surface area contributed by atoms with E-state index in [-0.39, 0.29) is 11.4 Å². The molecule has 0 unspecified atom stereocenters. The van der Waals surface area contributed by atoms with Crippen LogP contribution in [0.4, 0.5) is 18.9 Å². The van der Waals surface area contributed by atoms with E-state index < -0.39 is 24.8 Å². The molecule has 0 saturated carbocycles. The van der Waals surface area contributed by atoms with Gasteiger partial charge in [-0.2, -0.15) is 0 Å². The van der Waals surface area contributed by atoms with Crippen LogP contribution < -0.4 is 10.1 Å². The first-order valence-corrected chi connectivity index (χ1v) is 6.39. The normalized spacial score (nSPS) is 14.4. The molecule has 2 rings (SSSR count). The summed E-state index contributed by atoms with van der Waals surface area (Å²) < 4.78 is 47.4. The van der Waals surface area contributed by atoms with Gasteiger partial charge in [0.15, 0.2) is 0 Å². The molecule has 0 aliphatic carbocycles. The van der Waals surface area contributed by atoms with E-state index in [0.29, 0.717) is 18.6 Å². The largest absolute Gasteiger partial charge is 0.501 e. The van der Waals surface area contributed by atoms with Crippen molar-refractivity contribution >= 4 is 11.6 Å². The number of alkyl halides is 2. The van der Waals surface area contributed by atoms with Gasteiger partial charge in [-0.25, -0.2) is 13.2 Å². The SMILES string of the molecule is O=C(Nc1ccc(F)cc1OCC(F)F)C1=COCCC1. The molecule has 0 bridgehead atoms. The van der Waals surface area contributed by atoms with Crippen LogP contribution in [0.3, 0.4) is 0 Å². The minimum Gasteiger partial charge on any atom is -0.501 e. The molecule has 1 aliphatic rings. The summed E-state index contributed by atoms with van der Waals surface area (Å²) in [5.41, 5.74) is 0.568. The average molecular weight is 301 g/mol. The van der Waals surface area contributed by atoms with E-state index in [1.54, 1.807) is 0 Å². The first-order chi connectivity index (χ1) is 10.1. The number of rotatable bonds is 5. The highest BCUT2D eigenvalue weighted by Crippen LogP contribution is 2.27. The Bertz CT molecular complexity index is 546. The monoisotopic (exact) mass is 301 g/mol. The molecule has 1 N–H and O–H groups in total. The standard InChI is InChI=1S/C14H14F3NO3/c15-10-3-4-11(12(6-10)21-8-13(16)17)18-14(19)9-2-1-5-20-7-9/h3-4,6-7,13H,1-2,5,8H2,(H,18,19). The van der Waals surface area contributed by atoms with Crippen LogP contribution in [-0.4, -0.2) is 25.5 Å². The van der Waals surface area contributed by atoms with Crippen molar-refractivity contribution in [2.75, 3.05) is 18.5 Å². The van der Waals surface area contributed by atoms with E-state index in [9.17, 15) is 18.0 Å². The second-order valence-electron chi connectivity index (χ2n) is 4.41. The van der Waals surface area contributed by atoms with Crippen LogP contribution in [0.25, 0.3) is 0 Å². The molecule has 1 heterocycles. The van der Waals surface area contributed by atoms with Gasteiger partial charge in [0, 0.05) is 6.07 Å². The summed E-state index contributed by atoms with van der Waals surface area (Å²) in [6.07, 6.45) is -0.0500. The first-order valence-electron chi connectivity index (χ1n) is 6.39. The fraction of sp³-hybridized carbons (Fsp3) is 0.357. The molecule has 7 heteroatoms. The molecule has 0 fully saturated rings. The number of hydrogen-bond donors (Lipinski definition) is 1. The maximum atomic E-state index is 13.2. The Hall–Kier alpha value is -2.18. The number of amides is 1. The quantitative estimate of drug-likeness (QED) is 0.909. The molecule has 0 aromatic heterocycles. The minimum absolute atomic E-state index is 0.133. The van der Waals surface area contributed by atoms with Gasteiger partial charge in [0.2, 0.25) is 0 Å². The Labute approximate surface area is 119 Å². The van der Waals surface area contributed by atoms with Gasteiger partial charge in [-0.3, -0.25) is 4.79 Å². The third-order valence-corrected chi connectivity index (χ3v) is 2.78. The van der Waals surface area contributed by atoms with Crippen molar-refractivity contribution in [2.45, 2.75) is 19.3 Å². The number of carbonyl (C=O) groups excluding carboxylic acids is 1. The van der Waals surface area contributed by atoms with Crippen molar-refractivity contribution in [1.29, 1.82) is 0 Å². The highest BCUT2D eigenvalue weighted by Gasteiger charge is 2.16. The summed E-state index contributed by atoms with van der Waals surface area (Å²) in [6.45, 7) is -0.325. The number of hydrogen-bond acceptors (Lipinski definition) is 3. The molecule has 1 aliphatic heterocycles. The first kappa shape index (κ1) is 15.2. The minimum atomic E-state index is -2.69. The highest BCUT2D eigenvalue weighted by molar-refractivity contribution is 6.04. The number of ether oxygens (including phenoxy) is 2. The maximum Gasteiger partial charge on any atom is 0.272 e. The molecule has 4 nitrogen and oxygen atoms in total. The predicted molar refractivity (Wildman–Crippen MR) is 69.8 cm³/mol. The van der Waals surface area contributed by atoms with Crippen molar-refractivity contribution < 1.29 is 27.4 Å². The predicted octanol–water partition coefficient (Wildman–Crippen LogP) is 3.10. The zero-order valence-electron chi connectivity index (χ0n) is 11.1. The number of anilines is 1. The van der Waals surface area contributed by atoms with Gasteiger partial charge in [-0.15, -0.1) is 0 Å². The van der Waals surface area contributed by atoms with E-state index in [0.717, 1.165) is 18.6 Å². The third kappa shape index (κ3) is 4.40. The Kier molecular flexibility index (Phi) is 5.08. The summed E-state index contributed by atoms with van der Waals surface area (Å²) in [6, 6.07) is 3.32. The second-order valence-corrected chi connectivity index (χ2v) is 4.41. The van der Waals surface area contributed by atoms with Gasteiger partial charge in [-0.05, 0) is 25.0 Å². The zero-order chi connectivity index (χ0) is 15.2. The van der Waals surface area contributed by atoms with E-state index in [1.165, 1.54) is 12.3 Å². The van der Waals surface area contributed by atoms with Crippen molar-refractivity contribution in [1.82, 2.24) is 0 Å². The van der Waals surface area contributed by atoms with Crippen LogP contribution >= 0.6 is 0 Å². The van der Waals surface area contributed by atoms with Gasteiger partial charge in [0.1, 0.15) is 18.2 Å². The summed E-state index contributed by atoms with van der Waals surface area (Å²) in [4.78, 5) is 12.0. The lowest BCUT2D eigenvalue weighted by Crippen LogP contribution is -2.18. The summed E-state index contributed by atoms with van der Waals surface area (Å²) in [5, 5.41) is 2.51. The van der Waals surface area contributed by atoms with E-state index in [2.05, 4.69) is 5.32 Å². The van der Waals surface area contributed by atoms with Crippen LogP contribution in [0, 0.1) is 5.82 Å². The summed E-state index contributed by atoms with van der Waals surface area (Å²) in [5.74, 6) is -1.21. The Balaban J connectivity index is 2.11. The topological polar surface area (TPSA) is 47.6 Å². The molecule has 1 aromatic rings. The van der Waals surface area contributed by atoms with Crippen LogP contribution in [0.5, 0.6) is 5.75 Å². The van der Waals surface area contributed by atoms with Crippen molar-refractivity contribution in [3.8, 4) is 5.75 Å². The number of carbonyl (C=O) groups is 1. The maximum absolute atomic E-state index is 13.2. The summed E-state index contributed by atoms with van der Waals surface area (Å²) >= 11 is 0. The van der Waals surface area contributed by atoms with Gasteiger partial charge in [0.05, 0.1) is 24.1 Å². The van der Waals surface area contributed by atoms with E-state index in [4.69, 9.17) is 9.47 Å². The van der Waals surface area contributed by atoms with Crippen LogP contribution in [0.15, 0.2) is 30.0 Å². The van der Waals surface area contributed by atoms with Crippen LogP contribution in [0.1, 0.15) is 12.8 Å². The fourth-order valence-corrected chi connectivity index (χ4v) is 1.81. The van der Waals surface area contributed by atoms with Crippen molar-refractivity contribution in [3.05, 3.63) is 35.9 Å². The second kappa shape index (κ2) is 7.01.